The lowest BCUT2D eigenvalue weighted by Crippen LogP contribution is -2.15. The Kier molecular flexibility index (Phi) is 5.98. The molecule has 1 aromatic carbocycles. The van der Waals surface area contributed by atoms with Crippen LogP contribution in [0.4, 0.5) is 13.2 Å². The number of ether oxygens (including phenoxy) is 2. The number of benzene rings is 1. The molecule has 0 spiro atoms. The number of alkyl halides is 3. The van der Waals surface area contributed by atoms with Gasteiger partial charge in [-0.15, -0.1) is 0 Å². The zero-order valence-electron chi connectivity index (χ0n) is 15.4. The molecule has 0 saturated heterocycles. The van der Waals surface area contributed by atoms with Crippen molar-refractivity contribution in [2.24, 2.45) is 0 Å². The van der Waals surface area contributed by atoms with Gasteiger partial charge in [0, 0.05) is 11.1 Å². The third-order valence-corrected chi connectivity index (χ3v) is 4.07. The molecule has 0 atom stereocenters. The molecular weight excluding hydrogens is 363 g/mol. The number of halogens is 3. The lowest BCUT2D eigenvalue weighted by molar-refractivity contribution is -0.137. The first-order valence-corrected chi connectivity index (χ1v) is 8.29. The van der Waals surface area contributed by atoms with Crippen LogP contribution in [0.3, 0.4) is 0 Å². The van der Waals surface area contributed by atoms with Crippen molar-refractivity contribution in [3.05, 3.63) is 40.7 Å². The first-order chi connectivity index (χ1) is 12.6. The molecule has 1 aromatic heterocycles. The van der Waals surface area contributed by atoms with Crippen molar-refractivity contribution in [3.63, 3.8) is 0 Å². The van der Waals surface area contributed by atoms with E-state index < -0.39 is 29.0 Å². The summed E-state index contributed by atoms with van der Waals surface area (Å²) in [6.07, 6.45) is -4.65. The molecule has 0 aliphatic heterocycles. The van der Waals surface area contributed by atoms with Gasteiger partial charge in [-0.3, -0.25) is 4.79 Å². The van der Waals surface area contributed by atoms with E-state index in [0.717, 1.165) is 5.56 Å². The fourth-order valence-electron chi connectivity index (χ4n) is 2.81. The molecule has 5 nitrogen and oxygen atoms in total. The maximum Gasteiger partial charge on any atom is 0.419 e. The molecule has 27 heavy (non-hydrogen) atoms. The van der Waals surface area contributed by atoms with E-state index in [0.29, 0.717) is 0 Å². The third-order valence-electron chi connectivity index (χ3n) is 4.07. The van der Waals surface area contributed by atoms with E-state index in [1.165, 1.54) is 26.2 Å². The maximum absolute atomic E-state index is 13.9. The van der Waals surface area contributed by atoms with E-state index in [1.807, 2.05) is 13.8 Å². The maximum atomic E-state index is 13.9. The Hall–Kier alpha value is -2.77. The summed E-state index contributed by atoms with van der Waals surface area (Å²) >= 11 is 0. The predicted octanol–water partition coefficient (Wildman–Crippen LogP) is 4.82. The van der Waals surface area contributed by atoms with Gasteiger partial charge < -0.3 is 14.5 Å². The summed E-state index contributed by atoms with van der Waals surface area (Å²) in [7, 11) is 1.32. The molecule has 0 saturated carbocycles. The molecule has 0 fully saturated rings. The smallest absolute Gasteiger partial charge is 0.419 e. The van der Waals surface area contributed by atoms with E-state index in [1.54, 1.807) is 6.07 Å². The van der Waals surface area contributed by atoms with E-state index in [4.69, 9.17) is 9.47 Å². The summed E-state index contributed by atoms with van der Waals surface area (Å²) in [5.41, 5.74) is -2.02. The monoisotopic (exact) mass is 383 g/mol. The number of hydrogen-bond donors (Lipinski definition) is 1. The van der Waals surface area contributed by atoms with E-state index >= 15 is 0 Å². The van der Waals surface area contributed by atoms with E-state index in [2.05, 4.69) is 4.98 Å². The van der Waals surface area contributed by atoms with Crippen LogP contribution in [0.1, 0.15) is 58.8 Å². The number of aldehydes is 1. The van der Waals surface area contributed by atoms with Crippen LogP contribution in [0.2, 0.25) is 0 Å². The Bertz CT molecular complexity index is 853. The standard InChI is InChI=1S/C19H20F3NO4/c1-5-27-18(25)17-16(19(20,21)22)15(13(9-24)23-17)12-8-11(10(2)3)6-7-14(12)26-4/h6-10,23H,5H2,1-4H3. The minimum absolute atomic E-state index is 0.0344. The topological polar surface area (TPSA) is 68.4 Å². The number of carbonyl (C=O) groups is 2. The molecular formula is C19H20F3NO4. The number of aromatic amines is 1. The zero-order valence-corrected chi connectivity index (χ0v) is 15.4. The van der Waals surface area contributed by atoms with Crippen LogP contribution in [0.15, 0.2) is 18.2 Å². The van der Waals surface area contributed by atoms with E-state index in [-0.39, 0.29) is 35.8 Å². The van der Waals surface area contributed by atoms with Crippen molar-refractivity contribution in [2.75, 3.05) is 13.7 Å². The first-order valence-electron chi connectivity index (χ1n) is 8.29. The number of hydrogen-bond acceptors (Lipinski definition) is 4. The number of carbonyl (C=O) groups excluding carboxylic acids is 2. The molecule has 0 aliphatic rings. The fourth-order valence-corrected chi connectivity index (χ4v) is 2.81. The van der Waals surface area contributed by atoms with Gasteiger partial charge in [0.2, 0.25) is 0 Å². The quantitative estimate of drug-likeness (QED) is 0.574. The average Bonchev–Trinajstić information content (AvgIpc) is 3.01. The summed E-state index contributed by atoms with van der Waals surface area (Å²) < 4.78 is 51.5. The second-order valence-corrected chi connectivity index (χ2v) is 6.11. The fraction of sp³-hybridized carbons (Fsp3) is 0.368. The van der Waals surface area contributed by atoms with Gasteiger partial charge >= 0.3 is 12.1 Å². The van der Waals surface area contributed by atoms with Crippen molar-refractivity contribution >= 4 is 12.3 Å². The van der Waals surface area contributed by atoms with E-state index in [9.17, 15) is 22.8 Å². The normalized spacial score (nSPS) is 11.6. The number of nitrogens with one attached hydrogen (secondary N) is 1. The minimum Gasteiger partial charge on any atom is -0.496 e. The Morgan fingerprint density at radius 2 is 1.96 bits per heavy atom. The highest BCUT2D eigenvalue weighted by molar-refractivity contribution is 5.99. The molecule has 0 radical (unpaired) electrons. The summed E-state index contributed by atoms with van der Waals surface area (Å²) in [6.45, 7) is 5.15. The number of esters is 1. The number of aromatic nitrogens is 1. The molecule has 1 heterocycles. The largest absolute Gasteiger partial charge is 0.496 e. The molecule has 0 bridgehead atoms. The second-order valence-electron chi connectivity index (χ2n) is 6.11. The number of methoxy groups -OCH3 is 1. The van der Waals surface area contributed by atoms with Crippen molar-refractivity contribution in [1.29, 1.82) is 0 Å². The Labute approximate surface area is 154 Å². The van der Waals surface area contributed by atoms with Gasteiger partial charge in [-0.2, -0.15) is 13.2 Å². The molecule has 8 heteroatoms. The first kappa shape index (κ1) is 20.5. The van der Waals surface area contributed by atoms with Crippen LogP contribution < -0.4 is 4.74 Å². The van der Waals surface area contributed by atoms with Gasteiger partial charge in [0.05, 0.1) is 25.0 Å². The molecule has 146 valence electrons. The molecule has 0 unspecified atom stereocenters. The highest BCUT2D eigenvalue weighted by Crippen LogP contribution is 2.45. The molecule has 2 rings (SSSR count). The van der Waals surface area contributed by atoms with Gasteiger partial charge in [-0.25, -0.2) is 4.79 Å². The summed E-state index contributed by atoms with van der Waals surface area (Å²) in [6, 6.07) is 4.81. The molecule has 0 amide bonds. The third kappa shape index (κ3) is 3.99. The van der Waals surface area contributed by atoms with Crippen molar-refractivity contribution in [2.45, 2.75) is 32.9 Å². The SMILES string of the molecule is CCOC(=O)c1[nH]c(C=O)c(-c2cc(C(C)C)ccc2OC)c1C(F)(F)F. The van der Waals surface area contributed by atoms with Crippen LogP contribution in [0, 0.1) is 0 Å². The molecule has 2 aromatic rings. The second kappa shape index (κ2) is 7.85. The molecule has 1 N–H and O–H groups in total. The zero-order chi connectivity index (χ0) is 20.4. The Morgan fingerprint density at radius 3 is 2.44 bits per heavy atom. The van der Waals surface area contributed by atoms with Crippen LogP contribution in [0.5, 0.6) is 5.75 Å². The summed E-state index contributed by atoms with van der Waals surface area (Å²) in [5, 5.41) is 0. The summed E-state index contributed by atoms with van der Waals surface area (Å²) in [4.78, 5) is 25.8. The van der Waals surface area contributed by atoms with Crippen LogP contribution in [-0.4, -0.2) is 31.0 Å². The van der Waals surface area contributed by atoms with Crippen LogP contribution in [-0.2, 0) is 10.9 Å². The highest BCUT2D eigenvalue weighted by atomic mass is 19.4. The van der Waals surface area contributed by atoms with Gasteiger partial charge in [0.15, 0.2) is 6.29 Å². The lowest BCUT2D eigenvalue weighted by atomic mass is 9.93. The lowest BCUT2D eigenvalue weighted by Gasteiger charge is -2.16. The van der Waals surface area contributed by atoms with Gasteiger partial charge in [0.25, 0.3) is 0 Å². The Morgan fingerprint density at radius 1 is 1.30 bits per heavy atom. The van der Waals surface area contributed by atoms with Crippen LogP contribution in [0.25, 0.3) is 11.1 Å². The Balaban J connectivity index is 2.89. The highest BCUT2D eigenvalue weighted by Gasteiger charge is 2.42. The van der Waals surface area contributed by atoms with Gasteiger partial charge in [-0.1, -0.05) is 19.9 Å². The van der Waals surface area contributed by atoms with Crippen molar-refractivity contribution in [1.82, 2.24) is 4.98 Å². The number of H-pyrrole nitrogens is 1. The average molecular weight is 383 g/mol. The van der Waals surface area contributed by atoms with Gasteiger partial charge in [-0.05, 0) is 30.5 Å². The number of rotatable bonds is 6. The van der Waals surface area contributed by atoms with Crippen LogP contribution >= 0.6 is 0 Å². The van der Waals surface area contributed by atoms with Crippen molar-refractivity contribution in [3.8, 4) is 16.9 Å². The molecule has 0 aliphatic carbocycles. The minimum atomic E-state index is -4.89. The predicted molar refractivity (Wildman–Crippen MR) is 93.2 cm³/mol. The van der Waals surface area contributed by atoms with Gasteiger partial charge in [0.1, 0.15) is 11.4 Å². The summed E-state index contributed by atoms with van der Waals surface area (Å²) in [5.74, 6) is -0.993. The van der Waals surface area contributed by atoms with Crippen molar-refractivity contribution < 1.29 is 32.2 Å².